The second-order valence-electron chi connectivity index (χ2n) is 4.28. The van der Waals surface area contributed by atoms with E-state index in [1.807, 2.05) is 37.3 Å². The lowest BCUT2D eigenvalue weighted by Crippen LogP contribution is -1.92. The van der Waals surface area contributed by atoms with Crippen molar-refractivity contribution in [1.82, 2.24) is 25.6 Å². The van der Waals surface area contributed by atoms with Crippen LogP contribution in [-0.2, 0) is 6.42 Å². The van der Waals surface area contributed by atoms with Crippen LogP contribution in [0.25, 0.3) is 0 Å². The summed E-state index contributed by atoms with van der Waals surface area (Å²) in [6.45, 7) is 2.00. The molecule has 7 heteroatoms. The molecule has 0 spiro atoms. The molecule has 0 amide bonds. The molecule has 2 heterocycles. The van der Waals surface area contributed by atoms with Crippen molar-refractivity contribution in [1.29, 1.82) is 0 Å². The summed E-state index contributed by atoms with van der Waals surface area (Å²) in [7, 11) is 0. The second kappa shape index (κ2) is 5.87. The maximum Gasteiger partial charge on any atom is 0.239 e. The average molecular weight is 287 g/mol. The van der Waals surface area contributed by atoms with Gasteiger partial charge in [0, 0.05) is 6.42 Å². The Labute approximate surface area is 120 Å². The largest absolute Gasteiger partial charge is 0.338 e. The van der Waals surface area contributed by atoms with E-state index in [0.717, 1.165) is 10.6 Å². The predicted molar refractivity (Wildman–Crippen MR) is 74.2 cm³/mol. The van der Waals surface area contributed by atoms with Crippen LogP contribution in [0.3, 0.4) is 0 Å². The Bertz CT molecular complexity index is 652. The van der Waals surface area contributed by atoms with Crippen LogP contribution in [0.1, 0.15) is 29.5 Å². The van der Waals surface area contributed by atoms with Gasteiger partial charge in [-0.3, -0.25) is 0 Å². The van der Waals surface area contributed by atoms with Crippen LogP contribution in [0, 0.1) is 0 Å². The number of benzene rings is 1. The number of aromatic nitrogens is 5. The van der Waals surface area contributed by atoms with E-state index >= 15 is 0 Å². The van der Waals surface area contributed by atoms with Gasteiger partial charge in [0.25, 0.3) is 0 Å². The van der Waals surface area contributed by atoms with Crippen LogP contribution >= 0.6 is 11.8 Å². The number of thioether (sulfide) groups is 1. The topological polar surface area (TPSA) is 80.5 Å². The standard InChI is InChI=1S/C13H13N5OS/c1-9(20-12-8-14-18-16-12)13-15-11(17-19-13)7-10-5-3-2-4-6-10/h2-6,8-9H,7H2,1H3,(H,14,16,18)/t9-/m1/s1. The minimum absolute atomic E-state index is 0.0390. The summed E-state index contributed by atoms with van der Waals surface area (Å²) in [6.07, 6.45) is 2.34. The Morgan fingerprint density at radius 2 is 2.15 bits per heavy atom. The highest BCUT2D eigenvalue weighted by Gasteiger charge is 2.16. The van der Waals surface area contributed by atoms with Crippen LogP contribution in [-0.4, -0.2) is 25.6 Å². The Morgan fingerprint density at radius 1 is 1.30 bits per heavy atom. The van der Waals surface area contributed by atoms with Crippen molar-refractivity contribution in [3.63, 3.8) is 0 Å². The first kappa shape index (κ1) is 12.9. The Morgan fingerprint density at radius 3 is 2.90 bits per heavy atom. The third-order valence-electron chi connectivity index (χ3n) is 2.73. The molecule has 0 unspecified atom stereocenters. The van der Waals surface area contributed by atoms with Crippen molar-refractivity contribution >= 4 is 11.8 Å². The van der Waals surface area contributed by atoms with Gasteiger partial charge >= 0.3 is 0 Å². The molecule has 0 saturated carbocycles. The Balaban J connectivity index is 1.67. The van der Waals surface area contributed by atoms with Crippen molar-refractivity contribution < 1.29 is 4.52 Å². The van der Waals surface area contributed by atoms with Crippen LogP contribution in [0.2, 0.25) is 0 Å². The zero-order chi connectivity index (χ0) is 13.8. The van der Waals surface area contributed by atoms with Crippen molar-refractivity contribution in [3.05, 3.63) is 53.8 Å². The summed E-state index contributed by atoms with van der Waals surface area (Å²) in [5.74, 6) is 1.29. The maximum atomic E-state index is 5.31. The fraction of sp³-hybridized carbons (Fsp3) is 0.231. The van der Waals surface area contributed by atoms with E-state index in [9.17, 15) is 0 Å². The van der Waals surface area contributed by atoms with Gasteiger partial charge in [0.2, 0.25) is 5.89 Å². The lowest BCUT2D eigenvalue weighted by molar-refractivity contribution is 0.375. The number of hydrogen-bond donors (Lipinski definition) is 1. The normalized spacial score (nSPS) is 12.4. The second-order valence-corrected chi connectivity index (χ2v) is 5.64. The molecule has 0 bridgehead atoms. The van der Waals surface area contributed by atoms with Gasteiger partial charge in [0.05, 0.1) is 11.4 Å². The van der Waals surface area contributed by atoms with Crippen LogP contribution < -0.4 is 0 Å². The van der Waals surface area contributed by atoms with Gasteiger partial charge in [-0.25, -0.2) is 0 Å². The number of H-pyrrole nitrogens is 1. The van der Waals surface area contributed by atoms with Crippen molar-refractivity contribution in [2.24, 2.45) is 0 Å². The maximum absolute atomic E-state index is 5.31. The molecule has 1 N–H and O–H groups in total. The lowest BCUT2D eigenvalue weighted by Gasteiger charge is -2.01. The van der Waals surface area contributed by atoms with E-state index in [-0.39, 0.29) is 5.25 Å². The molecule has 0 fully saturated rings. The van der Waals surface area contributed by atoms with E-state index < -0.39 is 0 Å². The van der Waals surface area contributed by atoms with Gasteiger partial charge in [-0.2, -0.15) is 15.3 Å². The molecule has 1 aromatic carbocycles. The smallest absolute Gasteiger partial charge is 0.239 e. The fourth-order valence-corrected chi connectivity index (χ4v) is 2.53. The number of rotatable bonds is 5. The molecule has 3 aromatic rings. The minimum Gasteiger partial charge on any atom is -0.338 e. The van der Waals surface area contributed by atoms with Crippen molar-refractivity contribution in [2.45, 2.75) is 23.6 Å². The molecular weight excluding hydrogens is 274 g/mol. The molecule has 0 aliphatic carbocycles. The summed E-state index contributed by atoms with van der Waals surface area (Å²) in [5, 5.41) is 15.2. The number of aromatic amines is 1. The van der Waals surface area contributed by atoms with Crippen molar-refractivity contribution in [3.8, 4) is 0 Å². The zero-order valence-electron chi connectivity index (χ0n) is 10.9. The molecule has 3 rings (SSSR count). The molecule has 0 aliphatic heterocycles. The molecular formula is C13H13N5OS. The molecule has 6 nitrogen and oxygen atoms in total. The van der Waals surface area contributed by atoms with Gasteiger partial charge in [-0.05, 0) is 12.5 Å². The van der Waals surface area contributed by atoms with Gasteiger partial charge in [0.15, 0.2) is 5.82 Å². The van der Waals surface area contributed by atoms with Gasteiger partial charge in [-0.1, -0.05) is 47.3 Å². The highest BCUT2D eigenvalue weighted by molar-refractivity contribution is 7.99. The number of nitrogens with zero attached hydrogens (tertiary/aromatic N) is 4. The highest BCUT2D eigenvalue weighted by Crippen LogP contribution is 2.31. The van der Waals surface area contributed by atoms with Crippen LogP contribution in [0.5, 0.6) is 0 Å². The lowest BCUT2D eigenvalue weighted by atomic mass is 10.1. The summed E-state index contributed by atoms with van der Waals surface area (Å²) in [6, 6.07) is 10.1. The van der Waals surface area contributed by atoms with Gasteiger partial charge in [-0.15, -0.1) is 5.10 Å². The predicted octanol–water partition coefficient (Wildman–Crippen LogP) is 2.63. The van der Waals surface area contributed by atoms with E-state index in [4.69, 9.17) is 4.52 Å². The van der Waals surface area contributed by atoms with Crippen molar-refractivity contribution in [2.75, 3.05) is 0 Å². The quantitative estimate of drug-likeness (QED) is 0.727. The first-order valence-corrected chi connectivity index (χ1v) is 7.08. The molecule has 20 heavy (non-hydrogen) atoms. The third-order valence-corrected chi connectivity index (χ3v) is 3.72. The Kier molecular flexibility index (Phi) is 3.78. The molecule has 1 atom stereocenters. The summed E-state index contributed by atoms with van der Waals surface area (Å²) >= 11 is 1.52. The molecule has 0 saturated heterocycles. The molecule has 0 aliphatic rings. The molecule has 2 aromatic heterocycles. The van der Waals surface area contributed by atoms with Crippen LogP contribution in [0.15, 0.2) is 46.1 Å². The van der Waals surface area contributed by atoms with E-state index in [2.05, 4.69) is 25.6 Å². The molecule has 102 valence electrons. The summed E-state index contributed by atoms with van der Waals surface area (Å²) < 4.78 is 5.31. The highest BCUT2D eigenvalue weighted by atomic mass is 32.2. The monoisotopic (exact) mass is 287 g/mol. The fourth-order valence-electron chi connectivity index (χ4n) is 1.76. The summed E-state index contributed by atoms with van der Waals surface area (Å²) in [5.41, 5.74) is 1.16. The minimum atomic E-state index is 0.0390. The van der Waals surface area contributed by atoms with Crippen LogP contribution in [0.4, 0.5) is 0 Å². The average Bonchev–Trinajstić information content (AvgIpc) is 3.11. The van der Waals surface area contributed by atoms with Gasteiger partial charge in [0.1, 0.15) is 5.03 Å². The summed E-state index contributed by atoms with van der Waals surface area (Å²) in [4.78, 5) is 4.43. The Hall–Kier alpha value is -2.15. The first-order valence-electron chi connectivity index (χ1n) is 6.20. The molecule has 0 radical (unpaired) electrons. The third kappa shape index (κ3) is 3.05. The van der Waals surface area contributed by atoms with E-state index in [1.54, 1.807) is 6.20 Å². The van der Waals surface area contributed by atoms with Gasteiger partial charge < -0.3 is 4.52 Å². The SMILES string of the molecule is C[C@@H](Sc1cn[nH]n1)c1nc(Cc2ccccc2)no1. The van der Waals surface area contributed by atoms with E-state index in [0.29, 0.717) is 18.1 Å². The van der Waals surface area contributed by atoms with E-state index in [1.165, 1.54) is 11.8 Å². The first-order chi connectivity index (χ1) is 9.81. The zero-order valence-corrected chi connectivity index (χ0v) is 11.7. The number of hydrogen-bond acceptors (Lipinski definition) is 6. The number of nitrogens with one attached hydrogen (secondary N) is 1.